The first-order valence-electron chi connectivity index (χ1n) is 15.3. The van der Waals surface area contributed by atoms with Gasteiger partial charge in [0.15, 0.2) is 0 Å². The highest BCUT2D eigenvalue weighted by Gasteiger charge is 2.23. The lowest BCUT2D eigenvalue weighted by Gasteiger charge is -2.15. The van der Waals surface area contributed by atoms with Crippen molar-refractivity contribution >= 4 is 19.7 Å². The number of unbranched alkanes of at least 4 members (excludes halogenated alkanes) is 12. The van der Waals surface area contributed by atoms with Crippen LogP contribution in [0.2, 0.25) is 0 Å². The van der Waals surface area contributed by atoms with Crippen molar-refractivity contribution in [1.29, 1.82) is 0 Å². The molecule has 10 heteroatoms. The van der Waals surface area contributed by atoms with Gasteiger partial charge >= 0.3 is 13.8 Å². The molecule has 40 heavy (non-hydrogen) atoms. The number of hydrogen-bond acceptors (Lipinski definition) is 7. The van der Waals surface area contributed by atoms with Crippen LogP contribution < -0.4 is 5.32 Å². The molecule has 0 aliphatic carbocycles. The third-order valence-corrected chi connectivity index (χ3v) is 7.18. The number of esters is 1. The molecular formula is C30H56NO8P. The van der Waals surface area contributed by atoms with Gasteiger partial charge in [-0.15, -0.1) is 0 Å². The van der Waals surface area contributed by atoms with Gasteiger partial charge in [-0.3, -0.25) is 18.6 Å². The molecule has 234 valence electrons. The van der Waals surface area contributed by atoms with E-state index < -0.39 is 26.5 Å². The van der Waals surface area contributed by atoms with E-state index in [2.05, 4.69) is 41.1 Å². The lowest BCUT2D eigenvalue weighted by atomic mass is 10.1. The zero-order valence-corrected chi connectivity index (χ0v) is 25.9. The molecule has 0 bridgehead atoms. The summed E-state index contributed by atoms with van der Waals surface area (Å²) in [5, 5.41) is 12.3. The summed E-state index contributed by atoms with van der Waals surface area (Å²) in [4.78, 5) is 32.5. The molecule has 2 atom stereocenters. The molecule has 9 nitrogen and oxygen atoms in total. The van der Waals surface area contributed by atoms with Crippen molar-refractivity contribution in [2.24, 2.45) is 0 Å². The second kappa shape index (κ2) is 27.6. The Kier molecular flexibility index (Phi) is 26.6. The third kappa shape index (κ3) is 28.0. The molecule has 0 aromatic carbocycles. The van der Waals surface area contributed by atoms with Crippen LogP contribution in [-0.2, 0) is 27.9 Å². The van der Waals surface area contributed by atoms with E-state index in [-0.39, 0.29) is 32.1 Å². The van der Waals surface area contributed by atoms with E-state index in [9.17, 15) is 24.2 Å². The van der Waals surface area contributed by atoms with Gasteiger partial charge in [0, 0.05) is 19.4 Å². The Hall–Kier alpha value is -1.51. The number of hydrogen-bond donors (Lipinski definition) is 3. The Balaban J connectivity index is 3.53. The highest BCUT2D eigenvalue weighted by atomic mass is 31.2. The molecule has 0 fully saturated rings. The van der Waals surface area contributed by atoms with Gasteiger partial charge in [-0.1, -0.05) is 95.9 Å². The Morgan fingerprint density at radius 2 is 1.38 bits per heavy atom. The van der Waals surface area contributed by atoms with Gasteiger partial charge in [0.2, 0.25) is 5.91 Å². The number of amides is 1. The largest absolute Gasteiger partial charge is 0.472 e. The van der Waals surface area contributed by atoms with Crippen molar-refractivity contribution in [2.45, 2.75) is 129 Å². The van der Waals surface area contributed by atoms with Gasteiger partial charge in [-0.05, 0) is 38.5 Å². The maximum Gasteiger partial charge on any atom is 0.472 e. The highest BCUT2D eigenvalue weighted by molar-refractivity contribution is 7.47. The fourth-order valence-electron chi connectivity index (χ4n) is 3.79. The first-order valence-corrected chi connectivity index (χ1v) is 16.8. The third-order valence-electron chi connectivity index (χ3n) is 6.20. The average Bonchev–Trinajstić information content (AvgIpc) is 2.94. The molecule has 0 aliphatic heterocycles. The number of phosphoric acid groups is 1. The smallest absolute Gasteiger partial charge is 0.463 e. The number of aliphatic hydroxyl groups excluding tert-OH is 1. The number of ether oxygens (including phenoxy) is 1. The van der Waals surface area contributed by atoms with Crippen molar-refractivity contribution in [3.8, 4) is 0 Å². The molecule has 0 saturated carbocycles. The van der Waals surface area contributed by atoms with E-state index in [4.69, 9.17) is 9.26 Å². The fourth-order valence-corrected chi connectivity index (χ4v) is 4.55. The van der Waals surface area contributed by atoms with Crippen LogP contribution in [0.5, 0.6) is 0 Å². The van der Waals surface area contributed by atoms with E-state index in [1.54, 1.807) is 6.92 Å². The van der Waals surface area contributed by atoms with Crippen LogP contribution in [0.25, 0.3) is 0 Å². The average molecular weight is 590 g/mol. The molecule has 0 aliphatic rings. The summed E-state index contributed by atoms with van der Waals surface area (Å²) in [5.74, 6) is -0.613. The molecule has 0 heterocycles. The van der Waals surface area contributed by atoms with Crippen molar-refractivity contribution in [3.05, 3.63) is 24.3 Å². The molecule has 3 N–H and O–H groups in total. The number of carbonyl (C=O) groups is 2. The number of aliphatic hydroxyl groups is 1. The van der Waals surface area contributed by atoms with Gasteiger partial charge in [0.05, 0.1) is 13.2 Å². The quantitative estimate of drug-likeness (QED) is 0.0388. The minimum atomic E-state index is -4.37. The number of rotatable bonds is 28. The highest BCUT2D eigenvalue weighted by Crippen LogP contribution is 2.42. The van der Waals surface area contributed by atoms with Crippen LogP contribution in [-0.4, -0.2) is 54.3 Å². The summed E-state index contributed by atoms with van der Waals surface area (Å²) in [6.45, 7) is 2.94. The number of carbonyl (C=O) groups excluding carboxylic acids is 2. The fraction of sp³-hybridized carbons (Fsp3) is 0.800. The topological polar surface area (TPSA) is 131 Å². The van der Waals surface area contributed by atoms with E-state index in [1.165, 1.54) is 70.6 Å². The van der Waals surface area contributed by atoms with E-state index in [0.29, 0.717) is 6.42 Å². The second-order valence-corrected chi connectivity index (χ2v) is 11.5. The van der Waals surface area contributed by atoms with E-state index in [0.717, 1.165) is 25.7 Å². The summed E-state index contributed by atoms with van der Waals surface area (Å²) < 4.78 is 26.1. The molecule has 0 aromatic heterocycles. The Bertz CT molecular complexity index is 728. The van der Waals surface area contributed by atoms with Crippen LogP contribution >= 0.6 is 7.82 Å². The second-order valence-electron chi connectivity index (χ2n) is 10.0. The molecule has 0 spiro atoms. The van der Waals surface area contributed by atoms with Gasteiger partial charge in [0.25, 0.3) is 0 Å². The monoisotopic (exact) mass is 589 g/mol. The molecule has 2 unspecified atom stereocenters. The van der Waals surface area contributed by atoms with Gasteiger partial charge < -0.3 is 20.1 Å². The lowest BCUT2D eigenvalue weighted by Crippen LogP contribution is -2.26. The zero-order chi connectivity index (χ0) is 29.7. The maximum atomic E-state index is 11.8. The molecule has 1 amide bonds. The van der Waals surface area contributed by atoms with Gasteiger partial charge in [-0.2, -0.15) is 0 Å². The first kappa shape index (κ1) is 38.5. The molecule has 0 radical (unpaired) electrons. The summed E-state index contributed by atoms with van der Waals surface area (Å²) >= 11 is 0. The van der Waals surface area contributed by atoms with Crippen LogP contribution in [0.4, 0.5) is 0 Å². The minimum Gasteiger partial charge on any atom is -0.463 e. The van der Waals surface area contributed by atoms with E-state index >= 15 is 0 Å². The number of nitrogens with one attached hydrogen (secondary N) is 1. The van der Waals surface area contributed by atoms with Crippen molar-refractivity contribution in [2.75, 3.05) is 26.4 Å². The maximum absolute atomic E-state index is 11.8. The SMILES string of the molecule is CCCCC/C=C\C/C=C\CCCCCCCCCCCC(=O)OCC(O)COP(=O)(O)OCCNC(=O)CC. The first-order chi connectivity index (χ1) is 19.3. The van der Waals surface area contributed by atoms with E-state index in [1.807, 2.05) is 0 Å². The van der Waals surface area contributed by atoms with Crippen LogP contribution in [0.3, 0.4) is 0 Å². The minimum absolute atomic E-state index is 0.0662. The Morgan fingerprint density at radius 1 is 0.800 bits per heavy atom. The number of allylic oxidation sites excluding steroid dienone is 4. The predicted octanol–water partition coefficient (Wildman–Crippen LogP) is 6.92. The molecule has 0 aromatic rings. The summed E-state index contributed by atoms with van der Waals surface area (Å²) in [6, 6.07) is 0. The lowest BCUT2D eigenvalue weighted by molar-refractivity contribution is -0.147. The Labute approximate surface area is 242 Å². The zero-order valence-electron chi connectivity index (χ0n) is 25.0. The van der Waals surface area contributed by atoms with Crippen LogP contribution in [0.15, 0.2) is 24.3 Å². The molecular weight excluding hydrogens is 533 g/mol. The number of phosphoric ester groups is 1. The summed E-state index contributed by atoms with van der Waals surface area (Å²) in [7, 11) is -4.37. The van der Waals surface area contributed by atoms with Gasteiger partial charge in [-0.25, -0.2) is 4.57 Å². The van der Waals surface area contributed by atoms with Crippen molar-refractivity contribution in [3.63, 3.8) is 0 Å². The van der Waals surface area contributed by atoms with Gasteiger partial charge in [0.1, 0.15) is 12.7 Å². The standard InChI is InChI=1S/C30H56NO8P/c1-3-5-6-7-8-9-10-11-12-13-14-15-16-17-18-19-20-21-22-23-30(34)37-26-28(32)27-39-40(35,36)38-25-24-31-29(33)4-2/h8-9,11-12,28,32H,3-7,10,13-27H2,1-2H3,(H,31,33)(H,35,36)/b9-8-,12-11-. The molecule has 0 saturated heterocycles. The van der Waals surface area contributed by atoms with Crippen LogP contribution in [0.1, 0.15) is 123 Å². The summed E-state index contributed by atoms with van der Waals surface area (Å²) in [6.07, 6.45) is 26.1. The summed E-state index contributed by atoms with van der Waals surface area (Å²) in [5.41, 5.74) is 0. The van der Waals surface area contributed by atoms with Crippen molar-refractivity contribution < 1.29 is 37.9 Å². The predicted molar refractivity (Wildman–Crippen MR) is 160 cm³/mol. The normalized spacial score (nSPS) is 14.0. The Morgan fingerprint density at radius 3 is 1.98 bits per heavy atom. The molecule has 0 rings (SSSR count). The van der Waals surface area contributed by atoms with Crippen molar-refractivity contribution in [1.82, 2.24) is 5.32 Å². The van der Waals surface area contributed by atoms with Crippen LogP contribution in [0, 0.1) is 0 Å².